The number of para-hydroxylation sites is 1. The van der Waals surface area contributed by atoms with Gasteiger partial charge in [-0.3, -0.25) is 9.69 Å². The van der Waals surface area contributed by atoms with Gasteiger partial charge in [-0.2, -0.15) is 0 Å². The van der Waals surface area contributed by atoms with Gasteiger partial charge < -0.3 is 14.4 Å². The first kappa shape index (κ1) is 15.9. The number of methoxy groups -OCH3 is 1. The van der Waals surface area contributed by atoms with Gasteiger partial charge in [-0.05, 0) is 24.8 Å². The molecule has 2 aliphatic heterocycles. The monoisotopic (exact) mass is 330 g/mol. The first-order chi connectivity index (χ1) is 11.8. The lowest BCUT2D eigenvalue weighted by Crippen LogP contribution is -2.63. The minimum atomic E-state index is 0.188. The van der Waals surface area contributed by atoms with Gasteiger partial charge in [0, 0.05) is 31.2 Å². The summed E-state index contributed by atoms with van der Waals surface area (Å²) in [6.45, 7) is 4.22. The SMILES string of the molecule is COc1ccccc1CC(=O)N1CCN2[C@@H](COC[C@@H]2C2CC2)C1. The number of nitrogens with zero attached hydrogens (tertiary/aromatic N) is 2. The van der Waals surface area contributed by atoms with Gasteiger partial charge in [0.1, 0.15) is 5.75 Å². The Morgan fingerprint density at radius 2 is 2.08 bits per heavy atom. The summed E-state index contributed by atoms with van der Waals surface area (Å²) in [5.41, 5.74) is 0.961. The predicted molar refractivity (Wildman–Crippen MR) is 91.1 cm³/mol. The molecular formula is C19H26N2O3. The lowest BCUT2D eigenvalue weighted by Gasteiger charge is -2.48. The van der Waals surface area contributed by atoms with Crippen molar-refractivity contribution in [1.29, 1.82) is 0 Å². The Bertz CT molecular complexity index is 602. The molecular weight excluding hydrogens is 304 g/mol. The van der Waals surface area contributed by atoms with E-state index in [2.05, 4.69) is 4.90 Å². The van der Waals surface area contributed by atoms with Crippen molar-refractivity contribution in [3.8, 4) is 5.75 Å². The molecule has 1 saturated carbocycles. The Morgan fingerprint density at radius 3 is 2.88 bits per heavy atom. The third kappa shape index (κ3) is 3.15. The van der Waals surface area contributed by atoms with Gasteiger partial charge >= 0.3 is 0 Å². The number of piperazine rings is 1. The summed E-state index contributed by atoms with van der Waals surface area (Å²) in [5, 5.41) is 0. The van der Waals surface area contributed by atoms with E-state index in [-0.39, 0.29) is 5.91 Å². The van der Waals surface area contributed by atoms with Crippen molar-refractivity contribution in [3.63, 3.8) is 0 Å². The van der Waals surface area contributed by atoms with Gasteiger partial charge in [-0.1, -0.05) is 18.2 Å². The molecule has 2 saturated heterocycles. The number of hydrogen-bond acceptors (Lipinski definition) is 4. The Balaban J connectivity index is 1.40. The Kier molecular flexibility index (Phi) is 4.46. The van der Waals surface area contributed by atoms with Gasteiger partial charge in [-0.25, -0.2) is 0 Å². The standard InChI is InChI=1S/C19H26N2O3/c1-23-18-5-3-2-4-15(18)10-19(22)20-8-9-21-16(11-20)12-24-13-17(21)14-6-7-14/h2-5,14,16-17H,6-13H2,1H3/t16-,17-/m1/s1. The predicted octanol–water partition coefficient (Wildman–Crippen LogP) is 1.56. The van der Waals surface area contributed by atoms with Crippen LogP contribution in [-0.4, -0.2) is 67.7 Å². The highest BCUT2D eigenvalue weighted by Crippen LogP contribution is 2.38. The molecule has 0 radical (unpaired) electrons. The van der Waals surface area contributed by atoms with E-state index >= 15 is 0 Å². The quantitative estimate of drug-likeness (QED) is 0.840. The smallest absolute Gasteiger partial charge is 0.227 e. The second-order valence-corrected chi connectivity index (χ2v) is 7.16. The van der Waals surface area contributed by atoms with Crippen LogP contribution < -0.4 is 4.74 Å². The van der Waals surface area contributed by atoms with E-state index in [0.29, 0.717) is 18.5 Å². The number of carbonyl (C=O) groups is 1. The maximum Gasteiger partial charge on any atom is 0.227 e. The number of morpholine rings is 1. The highest BCUT2D eigenvalue weighted by atomic mass is 16.5. The van der Waals surface area contributed by atoms with Crippen LogP contribution >= 0.6 is 0 Å². The van der Waals surface area contributed by atoms with Crippen molar-refractivity contribution in [2.75, 3.05) is 40.0 Å². The van der Waals surface area contributed by atoms with Crippen LogP contribution in [-0.2, 0) is 16.0 Å². The lowest BCUT2D eigenvalue weighted by molar-refractivity contribution is -0.139. The van der Waals surface area contributed by atoms with Gasteiger partial charge in [0.2, 0.25) is 5.91 Å². The van der Waals surface area contributed by atoms with Crippen LogP contribution in [0.1, 0.15) is 18.4 Å². The van der Waals surface area contributed by atoms with E-state index in [1.165, 1.54) is 12.8 Å². The van der Waals surface area contributed by atoms with E-state index < -0.39 is 0 Å². The maximum absolute atomic E-state index is 12.7. The molecule has 1 aliphatic carbocycles. The highest BCUT2D eigenvalue weighted by Gasteiger charge is 2.43. The average Bonchev–Trinajstić information content (AvgIpc) is 3.46. The minimum absolute atomic E-state index is 0.188. The number of amides is 1. The van der Waals surface area contributed by atoms with E-state index in [9.17, 15) is 4.79 Å². The second kappa shape index (κ2) is 6.73. The van der Waals surface area contributed by atoms with E-state index in [1.807, 2.05) is 29.2 Å². The summed E-state index contributed by atoms with van der Waals surface area (Å²) in [6.07, 6.45) is 3.09. The Morgan fingerprint density at radius 1 is 1.25 bits per heavy atom. The van der Waals surface area contributed by atoms with Crippen LogP contribution in [0.4, 0.5) is 0 Å². The molecule has 1 aromatic rings. The van der Waals surface area contributed by atoms with Crippen molar-refractivity contribution >= 4 is 5.91 Å². The van der Waals surface area contributed by atoms with Crippen LogP contribution in [0.3, 0.4) is 0 Å². The van der Waals surface area contributed by atoms with Crippen molar-refractivity contribution in [1.82, 2.24) is 9.80 Å². The normalized spacial score (nSPS) is 27.6. The van der Waals surface area contributed by atoms with Crippen LogP contribution in [0.15, 0.2) is 24.3 Å². The first-order valence-electron chi connectivity index (χ1n) is 8.99. The summed E-state index contributed by atoms with van der Waals surface area (Å²) in [7, 11) is 1.65. The third-order valence-electron chi connectivity index (χ3n) is 5.61. The fourth-order valence-electron chi connectivity index (χ4n) is 4.11. The van der Waals surface area contributed by atoms with Crippen LogP contribution in [0.2, 0.25) is 0 Å². The fraction of sp³-hybridized carbons (Fsp3) is 0.632. The zero-order chi connectivity index (χ0) is 16.5. The van der Waals surface area contributed by atoms with E-state index in [0.717, 1.165) is 50.1 Å². The van der Waals surface area contributed by atoms with Crippen molar-refractivity contribution in [3.05, 3.63) is 29.8 Å². The first-order valence-corrected chi connectivity index (χ1v) is 8.99. The molecule has 3 fully saturated rings. The highest BCUT2D eigenvalue weighted by molar-refractivity contribution is 5.79. The van der Waals surface area contributed by atoms with Gasteiger partial charge in [0.15, 0.2) is 0 Å². The molecule has 0 aromatic heterocycles. The molecule has 130 valence electrons. The molecule has 0 N–H and O–H groups in total. The van der Waals surface area contributed by atoms with E-state index in [4.69, 9.17) is 9.47 Å². The summed E-state index contributed by atoms with van der Waals surface area (Å²) in [6, 6.07) is 8.71. The third-order valence-corrected chi connectivity index (χ3v) is 5.61. The topological polar surface area (TPSA) is 42.0 Å². The maximum atomic E-state index is 12.7. The number of ether oxygens (including phenoxy) is 2. The summed E-state index contributed by atoms with van der Waals surface area (Å²) in [5.74, 6) is 1.80. The largest absolute Gasteiger partial charge is 0.496 e. The average molecular weight is 330 g/mol. The minimum Gasteiger partial charge on any atom is -0.496 e. The number of rotatable bonds is 4. The molecule has 1 aromatic carbocycles. The summed E-state index contributed by atoms with van der Waals surface area (Å²) >= 11 is 0. The van der Waals surface area contributed by atoms with Gasteiger partial charge in [0.05, 0.1) is 32.8 Å². The molecule has 0 unspecified atom stereocenters. The van der Waals surface area contributed by atoms with Crippen LogP contribution in [0.25, 0.3) is 0 Å². The van der Waals surface area contributed by atoms with Crippen LogP contribution in [0.5, 0.6) is 5.75 Å². The Labute approximate surface area is 143 Å². The molecule has 0 bridgehead atoms. The molecule has 2 atom stereocenters. The number of hydrogen-bond donors (Lipinski definition) is 0. The molecule has 24 heavy (non-hydrogen) atoms. The van der Waals surface area contributed by atoms with Gasteiger partial charge in [-0.15, -0.1) is 0 Å². The van der Waals surface area contributed by atoms with Crippen LogP contribution in [0, 0.1) is 5.92 Å². The molecule has 2 heterocycles. The number of benzene rings is 1. The molecule has 5 nitrogen and oxygen atoms in total. The lowest BCUT2D eigenvalue weighted by atomic mass is 10.0. The molecule has 5 heteroatoms. The number of fused-ring (bicyclic) bond motifs is 1. The summed E-state index contributed by atoms with van der Waals surface area (Å²) < 4.78 is 11.2. The zero-order valence-electron chi connectivity index (χ0n) is 14.3. The van der Waals surface area contributed by atoms with Crippen molar-refractivity contribution < 1.29 is 14.3 Å². The zero-order valence-corrected chi connectivity index (χ0v) is 14.3. The van der Waals surface area contributed by atoms with Crippen molar-refractivity contribution in [2.45, 2.75) is 31.3 Å². The molecule has 0 spiro atoms. The fourth-order valence-corrected chi connectivity index (χ4v) is 4.11. The van der Waals surface area contributed by atoms with Gasteiger partial charge in [0.25, 0.3) is 0 Å². The Hall–Kier alpha value is -1.59. The number of carbonyl (C=O) groups excluding carboxylic acids is 1. The molecule has 4 rings (SSSR count). The van der Waals surface area contributed by atoms with Crippen molar-refractivity contribution in [2.24, 2.45) is 5.92 Å². The second-order valence-electron chi connectivity index (χ2n) is 7.16. The van der Waals surface area contributed by atoms with E-state index in [1.54, 1.807) is 7.11 Å². The molecule has 1 amide bonds. The summed E-state index contributed by atoms with van der Waals surface area (Å²) in [4.78, 5) is 17.4. The molecule has 3 aliphatic rings.